The predicted molar refractivity (Wildman–Crippen MR) is 94.2 cm³/mol. The number of anilines is 2. The molecule has 2 aromatic rings. The summed E-state index contributed by atoms with van der Waals surface area (Å²) in [5.74, 6) is -0.289. The molecule has 6 nitrogen and oxygen atoms in total. The zero-order valence-electron chi connectivity index (χ0n) is 13.5. The van der Waals surface area contributed by atoms with Crippen LogP contribution in [0.15, 0.2) is 54.6 Å². The summed E-state index contributed by atoms with van der Waals surface area (Å²) in [4.78, 5) is 23.7. The summed E-state index contributed by atoms with van der Waals surface area (Å²) in [6.07, 6.45) is 0. The molecule has 0 radical (unpaired) electrons. The van der Waals surface area contributed by atoms with Crippen LogP contribution >= 0.6 is 0 Å². The minimum atomic E-state index is -0.152. The molecule has 2 amide bonds. The number of carbonyl (C=O) groups is 2. The van der Waals surface area contributed by atoms with Gasteiger partial charge in [-0.1, -0.05) is 18.2 Å². The highest BCUT2D eigenvalue weighted by Gasteiger charge is 2.05. The maximum atomic E-state index is 11.9. The van der Waals surface area contributed by atoms with Gasteiger partial charge < -0.3 is 20.7 Å². The van der Waals surface area contributed by atoms with Gasteiger partial charge in [0.05, 0.1) is 13.2 Å². The molecular formula is C18H21N3O3. The Hall–Kier alpha value is -2.86. The summed E-state index contributed by atoms with van der Waals surface area (Å²) in [5, 5.41) is 8.56. The van der Waals surface area contributed by atoms with Crippen LogP contribution in [0.5, 0.6) is 0 Å². The highest BCUT2D eigenvalue weighted by Crippen LogP contribution is 2.10. The maximum Gasteiger partial charge on any atom is 0.251 e. The fourth-order valence-corrected chi connectivity index (χ4v) is 2.02. The second-order valence-corrected chi connectivity index (χ2v) is 5.09. The predicted octanol–water partition coefficient (Wildman–Crippen LogP) is 2.11. The molecule has 0 bridgehead atoms. The molecule has 2 aromatic carbocycles. The number of hydrogen-bond donors (Lipinski definition) is 3. The highest BCUT2D eigenvalue weighted by atomic mass is 16.5. The molecule has 2 rings (SSSR count). The number of nitrogens with one attached hydrogen (secondary N) is 3. The number of hydrogen-bond acceptors (Lipinski definition) is 4. The van der Waals surface area contributed by atoms with Crippen LogP contribution in [-0.2, 0) is 9.53 Å². The first-order valence-corrected chi connectivity index (χ1v) is 7.65. The van der Waals surface area contributed by atoms with Crippen LogP contribution in [0, 0.1) is 0 Å². The lowest BCUT2D eigenvalue weighted by molar-refractivity contribution is -0.114. The molecule has 0 fully saturated rings. The van der Waals surface area contributed by atoms with E-state index in [1.807, 2.05) is 30.3 Å². The van der Waals surface area contributed by atoms with Gasteiger partial charge in [-0.15, -0.1) is 0 Å². The maximum absolute atomic E-state index is 11.9. The molecule has 0 aliphatic heterocycles. The second-order valence-electron chi connectivity index (χ2n) is 5.09. The molecule has 0 saturated heterocycles. The number of methoxy groups -OCH3 is 1. The monoisotopic (exact) mass is 327 g/mol. The molecule has 0 saturated carbocycles. The average molecular weight is 327 g/mol. The molecule has 0 aromatic heterocycles. The van der Waals surface area contributed by atoms with Crippen LogP contribution in [0.2, 0.25) is 0 Å². The van der Waals surface area contributed by atoms with Gasteiger partial charge >= 0.3 is 0 Å². The SMILES string of the molecule is COCCNC(=O)c1ccc(NCC(=O)Nc2ccccc2)cc1. The summed E-state index contributed by atoms with van der Waals surface area (Å²) in [6.45, 7) is 1.09. The van der Waals surface area contributed by atoms with E-state index >= 15 is 0 Å². The van der Waals surface area contributed by atoms with Gasteiger partial charge in [0.25, 0.3) is 5.91 Å². The van der Waals surface area contributed by atoms with Crippen molar-refractivity contribution in [2.75, 3.05) is 37.4 Å². The van der Waals surface area contributed by atoms with Crippen molar-refractivity contribution in [2.45, 2.75) is 0 Å². The van der Waals surface area contributed by atoms with Crippen molar-refractivity contribution in [3.05, 3.63) is 60.2 Å². The average Bonchev–Trinajstić information content (AvgIpc) is 2.61. The van der Waals surface area contributed by atoms with E-state index in [-0.39, 0.29) is 18.4 Å². The van der Waals surface area contributed by atoms with Gasteiger partial charge in [0.1, 0.15) is 0 Å². The van der Waals surface area contributed by atoms with Crippen LogP contribution in [0.1, 0.15) is 10.4 Å². The number of para-hydroxylation sites is 1. The Morgan fingerprint density at radius 2 is 1.67 bits per heavy atom. The lowest BCUT2D eigenvalue weighted by Gasteiger charge is -2.09. The standard InChI is InChI=1S/C18H21N3O3/c1-24-12-11-19-18(23)14-7-9-15(10-8-14)20-13-17(22)21-16-5-3-2-4-6-16/h2-10,20H,11-13H2,1H3,(H,19,23)(H,21,22). The molecular weight excluding hydrogens is 306 g/mol. The van der Waals surface area contributed by atoms with Gasteiger partial charge in [-0.3, -0.25) is 9.59 Å². The van der Waals surface area contributed by atoms with Crippen molar-refractivity contribution in [3.63, 3.8) is 0 Å². The Bertz CT molecular complexity index is 657. The summed E-state index contributed by atoms with van der Waals surface area (Å²) in [5.41, 5.74) is 2.09. The van der Waals surface area contributed by atoms with E-state index in [4.69, 9.17) is 4.74 Å². The fraction of sp³-hybridized carbons (Fsp3) is 0.222. The molecule has 24 heavy (non-hydrogen) atoms. The zero-order chi connectivity index (χ0) is 17.2. The van der Waals surface area contributed by atoms with Gasteiger partial charge in [-0.2, -0.15) is 0 Å². The third kappa shape index (κ3) is 5.73. The lowest BCUT2D eigenvalue weighted by Crippen LogP contribution is -2.26. The Balaban J connectivity index is 1.79. The Morgan fingerprint density at radius 3 is 2.33 bits per heavy atom. The smallest absolute Gasteiger partial charge is 0.251 e. The quantitative estimate of drug-likeness (QED) is 0.649. The van der Waals surface area contributed by atoms with Crippen LogP contribution < -0.4 is 16.0 Å². The van der Waals surface area contributed by atoms with Gasteiger partial charge in [0.15, 0.2) is 0 Å². The summed E-state index contributed by atoms with van der Waals surface area (Å²) in [7, 11) is 1.58. The zero-order valence-corrected chi connectivity index (χ0v) is 13.5. The van der Waals surface area contributed by atoms with Crippen molar-refractivity contribution in [2.24, 2.45) is 0 Å². The number of rotatable bonds is 8. The number of carbonyl (C=O) groups excluding carboxylic acids is 2. The van der Waals surface area contributed by atoms with Crippen molar-refractivity contribution in [1.82, 2.24) is 5.32 Å². The molecule has 0 aliphatic carbocycles. The highest BCUT2D eigenvalue weighted by molar-refractivity contribution is 5.95. The van der Waals surface area contributed by atoms with E-state index in [1.165, 1.54) is 0 Å². The van der Waals surface area contributed by atoms with E-state index in [9.17, 15) is 9.59 Å². The van der Waals surface area contributed by atoms with Gasteiger partial charge in [0, 0.05) is 30.6 Å². The fourth-order valence-electron chi connectivity index (χ4n) is 2.02. The molecule has 0 heterocycles. The van der Waals surface area contributed by atoms with E-state index in [0.29, 0.717) is 18.7 Å². The molecule has 0 spiro atoms. The van der Waals surface area contributed by atoms with E-state index in [2.05, 4.69) is 16.0 Å². The molecule has 3 N–H and O–H groups in total. The summed E-state index contributed by atoms with van der Waals surface area (Å²) in [6, 6.07) is 16.2. The van der Waals surface area contributed by atoms with Crippen molar-refractivity contribution < 1.29 is 14.3 Å². The molecule has 6 heteroatoms. The Kier molecular flexibility index (Phi) is 6.79. The molecule has 0 unspecified atom stereocenters. The minimum Gasteiger partial charge on any atom is -0.383 e. The first-order chi connectivity index (χ1) is 11.7. The summed E-state index contributed by atoms with van der Waals surface area (Å²) >= 11 is 0. The topological polar surface area (TPSA) is 79.5 Å². The van der Waals surface area contributed by atoms with Gasteiger partial charge in [-0.25, -0.2) is 0 Å². The first-order valence-electron chi connectivity index (χ1n) is 7.65. The minimum absolute atomic E-state index is 0.136. The number of ether oxygens (including phenoxy) is 1. The summed E-state index contributed by atoms with van der Waals surface area (Å²) < 4.78 is 4.88. The van der Waals surface area contributed by atoms with Crippen LogP contribution in [0.3, 0.4) is 0 Å². The van der Waals surface area contributed by atoms with Crippen LogP contribution in [-0.4, -0.2) is 38.6 Å². The second kappa shape index (κ2) is 9.32. The Morgan fingerprint density at radius 1 is 0.958 bits per heavy atom. The molecule has 126 valence electrons. The molecule has 0 atom stereocenters. The number of benzene rings is 2. The van der Waals surface area contributed by atoms with E-state index < -0.39 is 0 Å². The van der Waals surface area contributed by atoms with E-state index in [0.717, 1.165) is 11.4 Å². The number of amides is 2. The third-order valence-corrected chi connectivity index (χ3v) is 3.25. The van der Waals surface area contributed by atoms with Gasteiger partial charge in [-0.05, 0) is 36.4 Å². The normalized spacial score (nSPS) is 10.0. The molecule has 0 aliphatic rings. The first kappa shape index (κ1) is 17.5. The van der Waals surface area contributed by atoms with Crippen molar-refractivity contribution in [3.8, 4) is 0 Å². The Labute approximate surface area is 141 Å². The largest absolute Gasteiger partial charge is 0.383 e. The van der Waals surface area contributed by atoms with E-state index in [1.54, 1.807) is 31.4 Å². The lowest BCUT2D eigenvalue weighted by atomic mass is 10.2. The van der Waals surface area contributed by atoms with Crippen molar-refractivity contribution in [1.29, 1.82) is 0 Å². The van der Waals surface area contributed by atoms with Crippen LogP contribution in [0.25, 0.3) is 0 Å². The van der Waals surface area contributed by atoms with Crippen molar-refractivity contribution >= 4 is 23.2 Å². The van der Waals surface area contributed by atoms with Gasteiger partial charge in [0.2, 0.25) is 5.91 Å². The van der Waals surface area contributed by atoms with Crippen LogP contribution in [0.4, 0.5) is 11.4 Å². The third-order valence-electron chi connectivity index (χ3n) is 3.25.